The first kappa shape index (κ1) is 15.1. The van der Waals surface area contributed by atoms with E-state index in [2.05, 4.69) is 0 Å². The molecule has 0 aliphatic carbocycles. The molecule has 0 radical (unpaired) electrons. The van der Waals surface area contributed by atoms with Gasteiger partial charge < -0.3 is 9.84 Å². The zero-order valence-electron chi connectivity index (χ0n) is 11.0. The lowest BCUT2D eigenvalue weighted by Crippen LogP contribution is -1.99. The SMILES string of the molecule is Cc1cc(Oc2cccc(Cl)c2Cl)c(C(C)O)cc1F. The van der Waals surface area contributed by atoms with Crippen LogP contribution in [-0.4, -0.2) is 5.11 Å². The maximum atomic E-state index is 13.6. The zero-order chi connectivity index (χ0) is 14.9. The summed E-state index contributed by atoms with van der Waals surface area (Å²) in [4.78, 5) is 0. The normalized spacial score (nSPS) is 12.3. The summed E-state index contributed by atoms with van der Waals surface area (Å²) in [5.41, 5.74) is 0.770. The fourth-order valence-corrected chi connectivity index (χ4v) is 2.10. The third kappa shape index (κ3) is 3.06. The monoisotopic (exact) mass is 314 g/mol. The molecule has 0 fully saturated rings. The number of benzene rings is 2. The molecule has 20 heavy (non-hydrogen) atoms. The van der Waals surface area contributed by atoms with E-state index < -0.39 is 11.9 Å². The summed E-state index contributed by atoms with van der Waals surface area (Å²) < 4.78 is 19.3. The third-order valence-corrected chi connectivity index (χ3v) is 3.68. The number of aliphatic hydroxyl groups is 1. The summed E-state index contributed by atoms with van der Waals surface area (Å²) in [5.74, 6) is 0.306. The van der Waals surface area contributed by atoms with E-state index in [1.807, 2.05) is 0 Å². The van der Waals surface area contributed by atoms with Crippen LogP contribution in [0.15, 0.2) is 30.3 Å². The van der Waals surface area contributed by atoms with E-state index in [9.17, 15) is 9.50 Å². The topological polar surface area (TPSA) is 29.5 Å². The Labute approximate surface area is 126 Å². The molecule has 2 nitrogen and oxygen atoms in total. The van der Waals surface area contributed by atoms with Crippen molar-refractivity contribution in [1.82, 2.24) is 0 Å². The Balaban J connectivity index is 2.47. The van der Waals surface area contributed by atoms with E-state index in [0.717, 1.165) is 0 Å². The first-order valence-electron chi connectivity index (χ1n) is 6.00. The predicted octanol–water partition coefficient (Wildman–Crippen LogP) is 5.29. The van der Waals surface area contributed by atoms with Crippen molar-refractivity contribution in [2.45, 2.75) is 20.0 Å². The second-order valence-corrected chi connectivity index (χ2v) is 5.25. The fraction of sp³-hybridized carbons (Fsp3) is 0.200. The molecule has 106 valence electrons. The van der Waals surface area contributed by atoms with Crippen LogP contribution >= 0.6 is 23.2 Å². The van der Waals surface area contributed by atoms with Gasteiger partial charge in [-0.3, -0.25) is 0 Å². The lowest BCUT2D eigenvalue weighted by Gasteiger charge is -2.15. The van der Waals surface area contributed by atoms with Crippen molar-refractivity contribution < 1.29 is 14.2 Å². The van der Waals surface area contributed by atoms with E-state index >= 15 is 0 Å². The van der Waals surface area contributed by atoms with E-state index in [1.54, 1.807) is 25.1 Å². The summed E-state index contributed by atoms with van der Waals surface area (Å²) in [5, 5.41) is 10.3. The summed E-state index contributed by atoms with van der Waals surface area (Å²) in [7, 11) is 0. The highest BCUT2D eigenvalue weighted by atomic mass is 35.5. The number of ether oxygens (including phenoxy) is 1. The Kier molecular flexibility index (Phi) is 4.53. The van der Waals surface area contributed by atoms with E-state index in [-0.39, 0.29) is 5.02 Å². The molecule has 1 unspecified atom stereocenters. The van der Waals surface area contributed by atoms with Crippen molar-refractivity contribution in [2.24, 2.45) is 0 Å². The van der Waals surface area contributed by atoms with Gasteiger partial charge in [-0.15, -0.1) is 0 Å². The molecule has 0 saturated carbocycles. The second kappa shape index (κ2) is 6.00. The number of hydrogen-bond acceptors (Lipinski definition) is 2. The molecule has 0 aromatic heterocycles. The van der Waals surface area contributed by atoms with Crippen LogP contribution in [-0.2, 0) is 0 Å². The van der Waals surface area contributed by atoms with Gasteiger partial charge in [0, 0.05) is 5.56 Å². The summed E-state index contributed by atoms with van der Waals surface area (Å²) in [6.45, 7) is 3.16. The number of aryl methyl sites for hydroxylation is 1. The first-order chi connectivity index (χ1) is 9.40. The van der Waals surface area contributed by atoms with Crippen LogP contribution in [0.25, 0.3) is 0 Å². The molecular formula is C15H13Cl2FO2. The molecule has 0 aliphatic rings. The minimum absolute atomic E-state index is 0.271. The van der Waals surface area contributed by atoms with Crippen LogP contribution in [0, 0.1) is 12.7 Å². The van der Waals surface area contributed by atoms with E-state index in [1.165, 1.54) is 19.1 Å². The average molecular weight is 315 g/mol. The molecule has 0 aliphatic heterocycles. The maximum absolute atomic E-state index is 13.6. The Morgan fingerprint density at radius 2 is 1.90 bits per heavy atom. The molecule has 2 rings (SSSR count). The largest absolute Gasteiger partial charge is 0.455 e. The van der Waals surface area contributed by atoms with Crippen molar-refractivity contribution in [3.63, 3.8) is 0 Å². The second-order valence-electron chi connectivity index (χ2n) is 4.47. The van der Waals surface area contributed by atoms with E-state index in [0.29, 0.717) is 27.6 Å². The number of aliphatic hydroxyl groups excluding tert-OH is 1. The minimum atomic E-state index is -0.863. The molecule has 1 N–H and O–H groups in total. The molecule has 0 spiro atoms. The molecule has 2 aromatic carbocycles. The highest BCUT2D eigenvalue weighted by Crippen LogP contribution is 2.37. The Bertz CT molecular complexity index is 642. The van der Waals surface area contributed by atoms with Crippen LogP contribution in [0.5, 0.6) is 11.5 Å². The van der Waals surface area contributed by atoms with Crippen LogP contribution in [0.4, 0.5) is 4.39 Å². The highest BCUT2D eigenvalue weighted by molar-refractivity contribution is 6.42. The van der Waals surface area contributed by atoms with Gasteiger partial charge in [0.15, 0.2) is 0 Å². The zero-order valence-corrected chi connectivity index (χ0v) is 12.5. The highest BCUT2D eigenvalue weighted by Gasteiger charge is 2.15. The molecule has 0 bridgehead atoms. The van der Waals surface area contributed by atoms with E-state index in [4.69, 9.17) is 27.9 Å². The van der Waals surface area contributed by atoms with Crippen LogP contribution in [0.3, 0.4) is 0 Å². The molecule has 1 atom stereocenters. The smallest absolute Gasteiger partial charge is 0.147 e. The van der Waals surface area contributed by atoms with Gasteiger partial charge in [-0.1, -0.05) is 29.3 Å². The van der Waals surface area contributed by atoms with Crippen molar-refractivity contribution in [1.29, 1.82) is 0 Å². The van der Waals surface area contributed by atoms with Gasteiger partial charge in [-0.2, -0.15) is 0 Å². The van der Waals surface area contributed by atoms with Gasteiger partial charge >= 0.3 is 0 Å². The van der Waals surface area contributed by atoms with Crippen molar-refractivity contribution in [3.8, 4) is 11.5 Å². The van der Waals surface area contributed by atoms with Crippen molar-refractivity contribution >= 4 is 23.2 Å². The Morgan fingerprint density at radius 3 is 2.55 bits per heavy atom. The lowest BCUT2D eigenvalue weighted by molar-refractivity contribution is 0.195. The summed E-state index contributed by atoms with van der Waals surface area (Å²) in [6, 6.07) is 7.77. The molecule has 5 heteroatoms. The van der Waals surface area contributed by atoms with Gasteiger partial charge in [0.2, 0.25) is 0 Å². The molecule has 0 saturated heterocycles. The standard InChI is InChI=1S/C15H13Cl2FO2/c1-8-6-14(10(9(2)19)7-12(8)18)20-13-5-3-4-11(16)15(13)17/h3-7,9,19H,1-2H3. The van der Waals surface area contributed by atoms with Crippen molar-refractivity contribution in [2.75, 3.05) is 0 Å². The lowest BCUT2D eigenvalue weighted by atomic mass is 10.1. The van der Waals surface area contributed by atoms with Gasteiger partial charge in [0.25, 0.3) is 0 Å². The van der Waals surface area contributed by atoms with Gasteiger partial charge in [0.1, 0.15) is 22.3 Å². The van der Waals surface area contributed by atoms with Gasteiger partial charge in [0.05, 0.1) is 11.1 Å². The van der Waals surface area contributed by atoms with Crippen LogP contribution < -0.4 is 4.74 Å². The van der Waals surface area contributed by atoms with Gasteiger partial charge in [-0.25, -0.2) is 4.39 Å². The number of halogens is 3. The third-order valence-electron chi connectivity index (χ3n) is 2.88. The maximum Gasteiger partial charge on any atom is 0.147 e. The quantitative estimate of drug-likeness (QED) is 0.834. The molecular weight excluding hydrogens is 302 g/mol. The number of hydrogen-bond donors (Lipinski definition) is 1. The Hall–Kier alpha value is -1.29. The first-order valence-corrected chi connectivity index (χ1v) is 6.75. The Morgan fingerprint density at radius 1 is 1.20 bits per heavy atom. The molecule has 2 aromatic rings. The summed E-state index contributed by atoms with van der Waals surface area (Å²) >= 11 is 12.0. The van der Waals surface area contributed by atoms with Crippen LogP contribution in [0.1, 0.15) is 24.2 Å². The predicted molar refractivity (Wildman–Crippen MR) is 78.3 cm³/mol. The van der Waals surface area contributed by atoms with Gasteiger partial charge in [-0.05, 0) is 43.7 Å². The average Bonchev–Trinajstić information content (AvgIpc) is 2.38. The fourth-order valence-electron chi connectivity index (χ4n) is 1.77. The minimum Gasteiger partial charge on any atom is -0.455 e. The van der Waals surface area contributed by atoms with Crippen LogP contribution in [0.2, 0.25) is 10.0 Å². The number of rotatable bonds is 3. The van der Waals surface area contributed by atoms with Crippen molar-refractivity contribution in [3.05, 3.63) is 57.3 Å². The molecule has 0 heterocycles. The molecule has 0 amide bonds. The summed E-state index contributed by atoms with van der Waals surface area (Å²) in [6.07, 6.45) is -0.863.